The maximum atomic E-state index is 12.9. The van der Waals surface area contributed by atoms with Crippen LogP contribution in [0.15, 0.2) is 60.0 Å². The van der Waals surface area contributed by atoms with Crippen LogP contribution >= 0.6 is 11.3 Å². The van der Waals surface area contributed by atoms with Gasteiger partial charge in [0.15, 0.2) is 5.69 Å². The third kappa shape index (κ3) is 5.58. The number of hydrogen-bond acceptors (Lipinski definition) is 7. The molecule has 0 saturated heterocycles. The maximum absolute atomic E-state index is 12.9. The number of hydrazine groups is 1. The predicted octanol–water partition coefficient (Wildman–Crippen LogP) is 3.71. The first-order valence-electron chi connectivity index (χ1n) is 9.25. The molecule has 3 rings (SSSR count). The van der Waals surface area contributed by atoms with E-state index in [9.17, 15) is 14.4 Å². The molecule has 1 aromatic heterocycles. The van der Waals surface area contributed by atoms with Crippen molar-refractivity contribution in [2.24, 2.45) is 0 Å². The Balaban J connectivity index is 1.85. The van der Waals surface area contributed by atoms with Crippen molar-refractivity contribution >= 4 is 40.1 Å². The molecule has 0 spiro atoms. The Morgan fingerprint density at radius 3 is 2.42 bits per heavy atom. The molecule has 3 aromatic rings. The summed E-state index contributed by atoms with van der Waals surface area (Å²) in [5.41, 5.74) is 3.40. The van der Waals surface area contributed by atoms with Crippen molar-refractivity contribution in [3.05, 3.63) is 71.2 Å². The molecule has 1 heterocycles. The highest BCUT2D eigenvalue weighted by molar-refractivity contribution is 7.14. The van der Waals surface area contributed by atoms with E-state index < -0.39 is 17.9 Å². The zero-order valence-corrected chi connectivity index (χ0v) is 17.6. The second-order valence-corrected chi connectivity index (χ2v) is 6.87. The summed E-state index contributed by atoms with van der Waals surface area (Å²) in [5, 5.41) is 5.18. The van der Waals surface area contributed by atoms with Crippen LogP contribution in [0, 0.1) is 0 Å². The molecule has 2 aromatic carbocycles. The number of nitrogens with zero attached hydrogens (tertiary/aromatic N) is 2. The SMILES string of the molecule is CCOC(=O)c1csc(N(NC(=O)c2ccc(OC)cc2)C(=O)Nc2ccccc2)n1. The Morgan fingerprint density at radius 1 is 1.06 bits per heavy atom. The van der Waals surface area contributed by atoms with Gasteiger partial charge in [0.2, 0.25) is 5.13 Å². The highest BCUT2D eigenvalue weighted by Gasteiger charge is 2.24. The van der Waals surface area contributed by atoms with E-state index in [1.165, 1.54) is 12.5 Å². The van der Waals surface area contributed by atoms with Gasteiger partial charge < -0.3 is 14.8 Å². The monoisotopic (exact) mass is 440 g/mol. The quantitative estimate of drug-likeness (QED) is 0.447. The number of ether oxygens (including phenoxy) is 2. The number of anilines is 2. The number of benzene rings is 2. The van der Waals surface area contributed by atoms with Crippen LogP contribution in [0.3, 0.4) is 0 Å². The number of nitrogens with one attached hydrogen (secondary N) is 2. The predicted molar refractivity (Wildman–Crippen MR) is 116 cm³/mol. The molecule has 0 aliphatic heterocycles. The number of thiazole rings is 1. The van der Waals surface area contributed by atoms with Gasteiger partial charge in [-0.05, 0) is 43.3 Å². The molecule has 0 saturated carbocycles. The van der Waals surface area contributed by atoms with Crippen LogP contribution in [0.2, 0.25) is 0 Å². The van der Waals surface area contributed by atoms with Gasteiger partial charge in [0.1, 0.15) is 5.75 Å². The largest absolute Gasteiger partial charge is 0.497 e. The van der Waals surface area contributed by atoms with Crippen molar-refractivity contribution in [2.45, 2.75) is 6.92 Å². The zero-order valence-electron chi connectivity index (χ0n) is 16.8. The zero-order chi connectivity index (χ0) is 22.2. The number of urea groups is 1. The summed E-state index contributed by atoms with van der Waals surface area (Å²) in [6, 6.07) is 14.5. The van der Waals surface area contributed by atoms with Gasteiger partial charge in [-0.2, -0.15) is 5.01 Å². The van der Waals surface area contributed by atoms with Crippen LogP contribution in [0.1, 0.15) is 27.8 Å². The maximum Gasteiger partial charge on any atom is 0.357 e. The third-order valence-corrected chi connectivity index (χ3v) is 4.79. The van der Waals surface area contributed by atoms with E-state index in [4.69, 9.17) is 9.47 Å². The number of methoxy groups -OCH3 is 1. The smallest absolute Gasteiger partial charge is 0.357 e. The normalized spacial score (nSPS) is 10.1. The second-order valence-electron chi connectivity index (χ2n) is 6.04. The number of amides is 3. The molecule has 0 radical (unpaired) electrons. The van der Waals surface area contributed by atoms with E-state index in [0.29, 0.717) is 17.0 Å². The summed E-state index contributed by atoms with van der Waals surface area (Å²) in [6.07, 6.45) is 0. The number of aromatic nitrogens is 1. The number of para-hydroxylation sites is 1. The molecular formula is C21H20N4O5S. The molecule has 0 bridgehead atoms. The van der Waals surface area contributed by atoms with Gasteiger partial charge in [-0.15, -0.1) is 11.3 Å². The summed E-state index contributed by atoms with van der Waals surface area (Å²) in [4.78, 5) is 41.7. The first-order chi connectivity index (χ1) is 15.0. The summed E-state index contributed by atoms with van der Waals surface area (Å²) < 4.78 is 10.0. The number of rotatable bonds is 6. The standard InChI is InChI=1S/C21H20N4O5S/c1-3-30-19(27)17-13-31-21(23-17)25(20(28)22-15-7-5-4-6-8-15)24-18(26)14-9-11-16(29-2)12-10-14/h4-13H,3H2,1-2H3,(H,22,28)(H,24,26). The van der Waals surface area contributed by atoms with Gasteiger partial charge in [-0.1, -0.05) is 18.2 Å². The fraction of sp³-hybridized carbons (Fsp3) is 0.143. The minimum Gasteiger partial charge on any atom is -0.497 e. The molecule has 10 heteroatoms. The van der Waals surface area contributed by atoms with E-state index in [1.54, 1.807) is 55.5 Å². The fourth-order valence-corrected chi connectivity index (χ4v) is 3.21. The molecule has 0 aliphatic rings. The lowest BCUT2D eigenvalue weighted by atomic mass is 10.2. The Morgan fingerprint density at radius 2 is 1.77 bits per heavy atom. The summed E-state index contributed by atoms with van der Waals surface area (Å²) in [7, 11) is 1.52. The third-order valence-electron chi connectivity index (χ3n) is 3.96. The minimum absolute atomic E-state index is 0.0399. The van der Waals surface area contributed by atoms with Gasteiger partial charge in [-0.3, -0.25) is 10.2 Å². The van der Waals surface area contributed by atoms with Crippen LogP contribution in [0.5, 0.6) is 5.75 Å². The van der Waals surface area contributed by atoms with Gasteiger partial charge in [-0.25, -0.2) is 14.6 Å². The first-order valence-corrected chi connectivity index (χ1v) is 10.1. The molecule has 2 N–H and O–H groups in total. The lowest BCUT2D eigenvalue weighted by molar-refractivity contribution is 0.0520. The molecular weight excluding hydrogens is 420 g/mol. The molecule has 31 heavy (non-hydrogen) atoms. The number of carbonyl (C=O) groups excluding carboxylic acids is 3. The minimum atomic E-state index is -0.655. The number of carbonyl (C=O) groups is 3. The average Bonchev–Trinajstić information content (AvgIpc) is 3.28. The summed E-state index contributed by atoms with van der Waals surface area (Å²) in [5.74, 6) is -0.567. The van der Waals surface area contributed by atoms with Crippen molar-refractivity contribution in [1.29, 1.82) is 0 Å². The van der Waals surface area contributed by atoms with Gasteiger partial charge in [0.05, 0.1) is 13.7 Å². The van der Waals surface area contributed by atoms with E-state index in [0.717, 1.165) is 16.3 Å². The van der Waals surface area contributed by atoms with Crippen LogP contribution in [0.25, 0.3) is 0 Å². The molecule has 160 valence electrons. The fourth-order valence-electron chi connectivity index (χ4n) is 2.46. The van der Waals surface area contributed by atoms with Crippen molar-refractivity contribution in [3.8, 4) is 5.75 Å². The Kier molecular flexibility index (Phi) is 7.17. The highest BCUT2D eigenvalue weighted by atomic mass is 32.1. The van der Waals surface area contributed by atoms with E-state index >= 15 is 0 Å². The molecule has 3 amide bonds. The average molecular weight is 440 g/mol. The summed E-state index contributed by atoms with van der Waals surface area (Å²) in [6.45, 7) is 1.87. The summed E-state index contributed by atoms with van der Waals surface area (Å²) >= 11 is 1.01. The van der Waals surface area contributed by atoms with Crippen molar-refractivity contribution in [3.63, 3.8) is 0 Å². The van der Waals surface area contributed by atoms with Gasteiger partial charge in [0.25, 0.3) is 5.91 Å². The van der Waals surface area contributed by atoms with Crippen LogP contribution in [0.4, 0.5) is 15.6 Å². The van der Waals surface area contributed by atoms with Crippen LogP contribution in [-0.4, -0.2) is 36.6 Å². The molecule has 0 unspecified atom stereocenters. The van der Waals surface area contributed by atoms with E-state index in [-0.39, 0.29) is 17.4 Å². The molecule has 0 aliphatic carbocycles. The Labute approximate surface area is 182 Å². The molecule has 9 nitrogen and oxygen atoms in total. The second kappa shape index (κ2) is 10.2. The topological polar surface area (TPSA) is 110 Å². The first kappa shape index (κ1) is 21.8. The lowest BCUT2D eigenvalue weighted by Gasteiger charge is -2.21. The van der Waals surface area contributed by atoms with Crippen molar-refractivity contribution < 1.29 is 23.9 Å². The van der Waals surface area contributed by atoms with Crippen LogP contribution in [-0.2, 0) is 4.74 Å². The van der Waals surface area contributed by atoms with Crippen LogP contribution < -0.4 is 20.5 Å². The number of esters is 1. The van der Waals surface area contributed by atoms with Gasteiger partial charge >= 0.3 is 12.0 Å². The lowest BCUT2D eigenvalue weighted by Crippen LogP contribution is -2.48. The van der Waals surface area contributed by atoms with Crippen molar-refractivity contribution in [2.75, 3.05) is 24.0 Å². The van der Waals surface area contributed by atoms with Crippen molar-refractivity contribution in [1.82, 2.24) is 10.4 Å². The Hall–Kier alpha value is -3.92. The van der Waals surface area contributed by atoms with E-state index in [1.807, 2.05) is 6.07 Å². The van der Waals surface area contributed by atoms with E-state index in [2.05, 4.69) is 15.7 Å². The molecule has 0 atom stereocenters. The number of hydrogen-bond donors (Lipinski definition) is 2. The van der Waals surface area contributed by atoms with Gasteiger partial charge in [0, 0.05) is 16.6 Å². The molecule has 0 fully saturated rings. The highest BCUT2D eigenvalue weighted by Crippen LogP contribution is 2.22. The Bertz CT molecular complexity index is 1050.